The van der Waals surface area contributed by atoms with E-state index in [1.807, 2.05) is 24.3 Å². The normalized spacial score (nSPS) is 10.4. The molecule has 2 N–H and O–H groups in total. The van der Waals surface area contributed by atoms with Gasteiger partial charge in [-0.15, -0.1) is 0 Å². The standard InChI is InChI=1S/C20H20N4O/c1-13-5-4-6-14(2)20(13)24-19-11-18(21-12-22-19)23-17-9-7-16(8-10-17)15(3)25/h4-12H,1-3H3,(H2,21,22,23,24). The fourth-order valence-electron chi connectivity index (χ4n) is 2.57. The first-order chi connectivity index (χ1) is 12.0. The molecule has 25 heavy (non-hydrogen) atoms. The number of nitrogens with zero attached hydrogens (tertiary/aromatic N) is 2. The fraction of sp³-hybridized carbons (Fsp3) is 0.150. The summed E-state index contributed by atoms with van der Waals surface area (Å²) in [6.45, 7) is 5.68. The van der Waals surface area contributed by atoms with Gasteiger partial charge in [0.1, 0.15) is 18.0 Å². The average Bonchev–Trinajstić information content (AvgIpc) is 2.59. The highest BCUT2D eigenvalue weighted by Gasteiger charge is 2.05. The van der Waals surface area contributed by atoms with Crippen LogP contribution in [-0.4, -0.2) is 15.8 Å². The lowest BCUT2D eigenvalue weighted by Crippen LogP contribution is -2.01. The molecule has 1 aromatic heterocycles. The summed E-state index contributed by atoms with van der Waals surface area (Å²) in [5, 5.41) is 6.58. The Labute approximate surface area is 147 Å². The van der Waals surface area contributed by atoms with Crippen LogP contribution in [0.4, 0.5) is 23.0 Å². The van der Waals surface area contributed by atoms with Gasteiger partial charge in [-0.05, 0) is 56.2 Å². The van der Waals surface area contributed by atoms with Gasteiger partial charge in [-0.1, -0.05) is 18.2 Å². The van der Waals surface area contributed by atoms with Gasteiger partial charge in [0.25, 0.3) is 0 Å². The molecule has 0 aliphatic rings. The number of carbonyl (C=O) groups is 1. The van der Waals surface area contributed by atoms with E-state index in [-0.39, 0.29) is 5.78 Å². The second kappa shape index (κ2) is 7.13. The minimum atomic E-state index is 0.0497. The molecule has 0 amide bonds. The van der Waals surface area contributed by atoms with Gasteiger partial charge in [0, 0.05) is 23.0 Å². The third-order valence-electron chi connectivity index (χ3n) is 3.97. The van der Waals surface area contributed by atoms with Crippen LogP contribution in [0, 0.1) is 13.8 Å². The van der Waals surface area contributed by atoms with Crippen LogP contribution in [0.2, 0.25) is 0 Å². The van der Waals surface area contributed by atoms with Crippen LogP contribution in [0.5, 0.6) is 0 Å². The van der Waals surface area contributed by atoms with Gasteiger partial charge in [-0.3, -0.25) is 4.79 Å². The molecular weight excluding hydrogens is 312 g/mol. The van der Waals surface area contributed by atoms with E-state index in [0.29, 0.717) is 11.4 Å². The second-order valence-corrected chi connectivity index (χ2v) is 5.94. The Bertz CT molecular complexity index is 884. The summed E-state index contributed by atoms with van der Waals surface area (Å²) in [4.78, 5) is 19.9. The summed E-state index contributed by atoms with van der Waals surface area (Å²) in [6, 6.07) is 15.3. The number of Topliss-reactive ketones (excluding diaryl/α,β-unsaturated/α-hetero) is 1. The molecule has 0 fully saturated rings. The molecule has 2 aromatic carbocycles. The molecular formula is C20H20N4O. The Morgan fingerprint density at radius 2 is 1.48 bits per heavy atom. The van der Waals surface area contributed by atoms with Crippen molar-refractivity contribution < 1.29 is 4.79 Å². The van der Waals surface area contributed by atoms with Crippen LogP contribution in [0.3, 0.4) is 0 Å². The van der Waals surface area contributed by atoms with E-state index in [9.17, 15) is 4.79 Å². The number of rotatable bonds is 5. The molecule has 0 spiro atoms. The van der Waals surface area contributed by atoms with E-state index in [4.69, 9.17) is 0 Å². The highest BCUT2D eigenvalue weighted by atomic mass is 16.1. The molecule has 5 heteroatoms. The Hall–Kier alpha value is -3.21. The van der Waals surface area contributed by atoms with Crippen LogP contribution in [0.15, 0.2) is 54.9 Å². The minimum absolute atomic E-state index is 0.0497. The fourth-order valence-corrected chi connectivity index (χ4v) is 2.57. The van der Waals surface area contributed by atoms with Crippen molar-refractivity contribution in [3.8, 4) is 0 Å². The van der Waals surface area contributed by atoms with Crippen molar-refractivity contribution in [3.05, 3.63) is 71.5 Å². The van der Waals surface area contributed by atoms with E-state index >= 15 is 0 Å². The van der Waals surface area contributed by atoms with Gasteiger partial charge in [0.15, 0.2) is 5.78 Å². The largest absolute Gasteiger partial charge is 0.340 e. The smallest absolute Gasteiger partial charge is 0.159 e. The zero-order chi connectivity index (χ0) is 17.8. The van der Waals surface area contributed by atoms with E-state index in [1.165, 1.54) is 6.33 Å². The van der Waals surface area contributed by atoms with Crippen molar-refractivity contribution in [1.82, 2.24) is 9.97 Å². The Morgan fingerprint density at radius 1 is 0.880 bits per heavy atom. The zero-order valence-electron chi connectivity index (χ0n) is 14.5. The SMILES string of the molecule is CC(=O)c1ccc(Nc2cc(Nc3c(C)cccc3C)ncn2)cc1. The third kappa shape index (κ3) is 4.01. The van der Waals surface area contributed by atoms with Gasteiger partial charge in [0.05, 0.1) is 0 Å². The maximum atomic E-state index is 11.3. The summed E-state index contributed by atoms with van der Waals surface area (Å²) in [5.74, 6) is 1.45. The quantitative estimate of drug-likeness (QED) is 0.658. The lowest BCUT2D eigenvalue weighted by molar-refractivity contribution is 0.101. The molecule has 1 heterocycles. The predicted octanol–water partition coefficient (Wildman–Crippen LogP) is 4.78. The second-order valence-electron chi connectivity index (χ2n) is 5.94. The molecule has 0 saturated heterocycles. The number of anilines is 4. The topological polar surface area (TPSA) is 66.9 Å². The molecule has 3 rings (SSSR count). The number of ketones is 1. The molecule has 0 unspecified atom stereocenters. The molecule has 3 aromatic rings. The molecule has 0 aliphatic heterocycles. The number of carbonyl (C=O) groups excluding carboxylic acids is 1. The molecule has 0 atom stereocenters. The van der Waals surface area contributed by atoms with E-state index in [0.717, 1.165) is 28.3 Å². The van der Waals surface area contributed by atoms with E-state index in [1.54, 1.807) is 19.1 Å². The average molecular weight is 332 g/mol. The monoisotopic (exact) mass is 332 g/mol. The number of aromatic nitrogens is 2. The van der Waals surface area contributed by atoms with Gasteiger partial charge >= 0.3 is 0 Å². The number of hydrogen-bond donors (Lipinski definition) is 2. The molecule has 126 valence electrons. The molecule has 0 radical (unpaired) electrons. The maximum Gasteiger partial charge on any atom is 0.159 e. The Morgan fingerprint density at radius 3 is 2.08 bits per heavy atom. The van der Waals surface area contributed by atoms with Crippen LogP contribution in [0.1, 0.15) is 28.4 Å². The number of aryl methyl sites for hydroxylation is 2. The maximum absolute atomic E-state index is 11.3. The van der Waals surface area contributed by atoms with Crippen LogP contribution >= 0.6 is 0 Å². The van der Waals surface area contributed by atoms with Gasteiger partial charge in [0.2, 0.25) is 0 Å². The predicted molar refractivity (Wildman–Crippen MR) is 101 cm³/mol. The highest BCUT2D eigenvalue weighted by molar-refractivity contribution is 5.94. The molecule has 0 saturated carbocycles. The van der Waals surface area contributed by atoms with Crippen LogP contribution < -0.4 is 10.6 Å². The van der Waals surface area contributed by atoms with Crippen molar-refractivity contribution in [2.75, 3.05) is 10.6 Å². The zero-order valence-corrected chi connectivity index (χ0v) is 14.5. The lowest BCUT2D eigenvalue weighted by atomic mass is 10.1. The number of hydrogen-bond acceptors (Lipinski definition) is 5. The van der Waals surface area contributed by atoms with Crippen molar-refractivity contribution in [2.45, 2.75) is 20.8 Å². The summed E-state index contributed by atoms with van der Waals surface area (Å²) in [5.41, 5.74) is 4.92. The summed E-state index contributed by atoms with van der Waals surface area (Å²) >= 11 is 0. The van der Waals surface area contributed by atoms with Gasteiger partial charge in [-0.2, -0.15) is 0 Å². The molecule has 0 bridgehead atoms. The minimum Gasteiger partial charge on any atom is -0.340 e. The summed E-state index contributed by atoms with van der Waals surface area (Å²) in [6.07, 6.45) is 1.52. The number of nitrogens with one attached hydrogen (secondary N) is 2. The molecule has 5 nitrogen and oxygen atoms in total. The first-order valence-corrected chi connectivity index (χ1v) is 8.06. The Kier molecular flexibility index (Phi) is 4.75. The third-order valence-corrected chi connectivity index (χ3v) is 3.97. The van der Waals surface area contributed by atoms with Crippen molar-refractivity contribution in [1.29, 1.82) is 0 Å². The lowest BCUT2D eigenvalue weighted by Gasteiger charge is -2.13. The van der Waals surface area contributed by atoms with Crippen molar-refractivity contribution in [2.24, 2.45) is 0 Å². The number of benzene rings is 2. The number of para-hydroxylation sites is 1. The summed E-state index contributed by atoms with van der Waals surface area (Å²) in [7, 11) is 0. The van der Waals surface area contributed by atoms with E-state index in [2.05, 4.69) is 46.6 Å². The Balaban J connectivity index is 1.78. The summed E-state index contributed by atoms with van der Waals surface area (Å²) < 4.78 is 0. The van der Waals surface area contributed by atoms with Crippen LogP contribution in [0.25, 0.3) is 0 Å². The van der Waals surface area contributed by atoms with Gasteiger partial charge < -0.3 is 10.6 Å². The highest BCUT2D eigenvalue weighted by Crippen LogP contribution is 2.24. The van der Waals surface area contributed by atoms with Crippen LogP contribution in [-0.2, 0) is 0 Å². The van der Waals surface area contributed by atoms with Gasteiger partial charge in [-0.25, -0.2) is 9.97 Å². The first kappa shape index (κ1) is 16.6. The first-order valence-electron chi connectivity index (χ1n) is 8.06. The van der Waals surface area contributed by atoms with Crippen molar-refractivity contribution in [3.63, 3.8) is 0 Å². The van der Waals surface area contributed by atoms with Crippen molar-refractivity contribution >= 4 is 28.8 Å². The molecule has 0 aliphatic carbocycles. The van der Waals surface area contributed by atoms with E-state index < -0.39 is 0 Å².